The molecule has 0 saturated carbocycles. The minimum absolute atomic E-state index is 0.0907. The first-order valence-electron chi connectivity index (χ1n) is 7.20. The van der Waals surface area contributed by atoms with Gasteiger partial charge in [0.1, 0.15) is 5.82 Å². The van der Waals surface area contributed by atoms with Crippen LogP contribution in [-0.2, 0) is 19.1 Å². The minimum Gasteiger partial charge on any atom is -0.473 e. The van der Waals surface area contributed by atoms with E-state index in [2.05, 4.69) is 10.2 Å². The summed E-state index contributed by atoms with van der Waals surface area (Å²) in [7, 11) is 0. The molecule has 0 aromatic heterocycles. The summed E-state index contributed by atoms with van der Waals surface area (Å²) < 4.78 is 18.2. The number of morpholine rings is 1. The third kappa shape index (κ3) is 8.20. The van der Waals surface area contributed by atoms with Crippen molar-refractivity contribution in [3.05, 3.63) is 30.1 Å². The van der Waals surface area contributed by atoms with Crippen molar-refractivity contribution in [3.8, 4) is 0 Å². The van der Waals surface area contributed by atoms with Crippen molar-refractivity contribution < 1.29 is 33.7 Å². The number of amides is 1. The van der Waals surface area contributed by atoms with Crippen LogP contribution in [0.4, 0.5) is 10.1 Å². The number of rotatable bonds is 4. The quantitative estimate of drug-likeness (QED) is 0.688. The van der Waals surface area contributed by atoms with E-state index in [0.717, 1.165) is 26.3 Å². The second kappa shape index (κ2) is 10.3. The molecule has 0 radical (unpaired) electrons. The molecule has 1 aromatic carbocycles. The summed E-state index contributed by atoms with van der Waals surface area (Å²) in [5, 5.41) is 17.5. The van der Waals surface area contributed by atoms with Crippen LogP contribution < -0.4 is 5.32 Å². The van der Waals surface area contributed by atoms with Crippen molar-refractivity contribution in [2.45, 2.75) is 6.42 Å². The standard InChI is InChI=1S/C13H17FN2O2.C2H2O4/c14-11-2-1-3-12(10-11)15-13(17)4-5-16-6-8-18-9-7-16;3-1(4)2(5)6/h1-3,10H,4-9H2,(H,15,17);(H,3,4)(H,5,6). The van der Waals surface area contributed by atoms with Gasteiger partial charge in [-0.1, -0.05) is 6.07 Å². The molecule has 0 aliphatic carbocycles. The Morgan fingerprint density at radius 1 is 1.17 bits per heavy atom. The van der Waals surface area contributed by atoms with E-state index in [-0.39, 0.29) is 11.7 Å². The zero-order chi connectivity index (χ0) is 17.9. The Hall–Kier alpha value is -2.52. The van der Waals surface area contributed by atoms with Crippen molar-refractivity contribution in [3.63, 3.8) is 0 Å². The molecule has 1 heterocycles. The molecule has 9 heteroatoms. The van der Waals surface area contributed by atoms with E-state index in [1.165, 1.54) is 12.1 Å². The highest BCUT2D eigenvalue weighted by atomic mass is 19.1. The molecular weight excluding hydrogens is 323 g/mol. The van der Waals surface area contributed by atoms with E-state index in [9.17, 15) is 9.18 Å². The third-order valence-corrected chi connectivity index (χ3v) is 3.05. The first-order valence-corrected chi connectivity index (χ1v) is 7.20. The van der Waals surface area contributed by atoms with Crippen LogP contribution in [-0.4, -0.2) is 65.8 Å². The molecule has 1 aromatic rings. The summed E-state index contributed by atoms with van der Waals surface area (Å²) in [6, 6.07) is 5.92. The van der Waals surface area contributed by atoms with E-state index in [1.807, 2.05) is 0 Å². The largest absolute Gasteiger partial charge is 0.473 e. The molecule has 0 bridgehead atoms. The highest BCUT2D eigenvalue weighted by molar-refractivity contribution is 6.27. The van der Waals surface area contributed by atoms with Crippen molar-refractivity contribution >= 4 is 23.5 Å². The van der Waals surface area contributed by atoms with Gasteiger partial charge in [-0.15, -0.1) is 0 Å². The maximum Gasteiger partial charge on any atom is 0.414 e. The normalized spacial score (nSPS) is 14.2. The van der Waals surface area contributed by atoms with Crippen molar-refractivity contribution in [1.82, 2.24) is 4.90 Å². The van der Waals surface area contributed by atoms with Gasteiger partial charge < -0.3 is 20.3 Å². The van der Waals surface area contributed by atoms with Crippen LogP contribution in [0.15, 0.2) is 24.3 Å². The van der Waals surface area contributed by atoms with Gasteiger partial charge in [-0.3, -0.25) is 9.69 Å². The monoisotopic (exact) mass is 342 g/mol. The van der Waals surface area contributed by atoms with Crippen LogP contribution in [0, 0.1) is 5.82 Å². The Morgan fingerprint density at radius 3 is 2.33 bits per heavy atom. The highest BCUT2D eigenvalue weighted by Gasteiger charge is 2.12. The fraction of sp³-hybridized carbons (Fsp3) is 0.400. The number of anilines is 1. The van der Waals surface area contributed by atoms with Crippen LogP contribution in [0.1, 0.15) is 6.42 Å². The lowest BCUT2D eigenvalue weighted by molar-refractivity contribution is -0.159. The molecule has 1 amide bonds. The van der Waals surface area contributed by atoms with Gasteiger partial charge in [-0.25, -0.2) is 14.0 Å². The van der Waals surface area contributed by atoms with E-state index in [1.54, 1.807) is 12.1 Å². The van der Waals surface area contributed by atoms with Crippen molar-refractivity contribution in [2.24, 2.45) is 0 Å². The SMILES string of the molecule is O=C(CCN1CCOCC1)Nc1cccc(F)c1.O=C(O)C(=O)O. The Balaban J connectivity index is 0.000000413. The highest BCUT2D eigenvalue weighted by Crippen LogP contribution is 2.09. The van der Waals surface area contributed by atoms with Gasteiger partial charge in [-0.05, 0) is 18.2 Å². The number of aliphatic carboxylic acids is 2. The van der Waals surface area contributed by atoms with E-state index in [0.29, 0.717) is 18.7 Å². The molecule has 0 unspecified atom stereocenters. The van der Waals surface area contributed by atoms with Crippen LogP contribution in [0.2, 0.25) is 0 Å². The number of nitrogens with one attached hydrogen (secondary N) is 1. The van der Waals surface area contributed by atoms with Gasteiger partial charge >= 0.3 is 11.9 Å². The Labute approximate surface area is 137 Å². The van der Waals surface area contributed by atoms with Crippen molar-refractivity contribution in [2.75, 3.05) is 38.2 Å². The molecule has 0 spiro atoms. The molecule has 3 N–H and O–H groups in total. The van der Waals surface area contributed by atoms with Crippen LogP contribution in [0.25, 0.3) is 0 Å². The van der Waals surface area contributed by atoms with Crippen molar-refractivity contribution in [1.29, 1.82) is 0 Å². The number of halogens is 1. The average Bonchev–Trinajstić information content (AvgIpc) is 2.54. The summed E-state index contributed by atoms with van der Waals surface area (Å²) in [5.74, 6) is -4.09. The van der Waals surface area contributed by atoms with Gasteiger partial charge in [0.05, 0.1) is 13.2 Å². The maximum atomic E-state index is 12.9. The summed E-state index contributed by atoms with van der Waals surface area (Å²) in [4.78, 5) is 32.1. The third-order valence-electron chi connectivity index (χ3n) is 3.05. The molecule has 0 atom stereocenters. The molecule has 8 nitrogen and oxygen atoms in total. The lowest BCUT2D eigenvalue weighted by atomic mass is 10.3. The molecule has 1 aliphatic rings. The maximum absolute atomic E-state index is 12.9. The molecule has 1 fully saturated rings. The Bertz CT molecular complexity index is 563. The fourth-order valence-corrected chi connectivity index (χ4v) is 1.87. The van der Waals surface area contributed by atoms with E-state index < -0.39 is 11.9 Å². The first kappa shape index (κ1) is 19.5. The van der Waals surface area contributed by atoms with Crippen LogP contribution in [0.3, 0.4) is 0 Å². The number of nitrogens with zero attached hydrogens (tertiary/aromatic N) is 1. The number of benzene rings is 1. The van der Waals surface area contributed by atoms with Crippen LogP contribution in [0.5, 0.6) is 0 Å². The zero-order valence-electron chi connectivity index (χ0n) is 12.9. The number of carbonyl (C=O) groups excluding carboxylic acids is 1. The molecule has 1 aliphatic heterocycles. The number of carbonyl (C=O) groups is 3. The lowest BCUT2D eigenvalue weighted by Crippen LogP contribution is -2.38. The van der Waals surface area contributed by atoms with Gasteiger partial charge in [0, 0.05) is 31.7 Å². The summed E-state index contributed by atoms with van der Waals surface area (Å²) >= 11 is 0. The summed E-state index contributed by atoms with van der Waals surface area (Å²) in [5.41, 5.74) is 0.502. The molecule has 1 saturated heterocycles. The van der Waals surface area contributed by atoms with Gasteiger partial charge in [0.2, 0.25) is 5.91 Å². The van der Waals surface area contributed by atoms with E-state index in [4.69, 9.17) is 24.5 Å². The zero-order valence-corrected chi connectivity index (χ0v) is 12.9. The second-order valence-corrected chi connectivity index (χ2v) is 4.87. The van der Waals surface area contributed by atoms with Crippen LogP contribution >= 0.6 is 0 Å². The summed E-state index contributed by atoms with van der Waals surface area (Å²) in [6.45, 7) is 3.90. The average molecular weight is 342 g/mol. The van der Waals surface area contributed by atoms with Gasteiger partial charge in [0.15, 0.2) is 0 Å². The lowest BCUT2D eigenvalue weighted by Gasteiger charge is -2.26. The van der Waals surface area contributed by atoms with Gasteiger partial charge in [-0.2, -0.15) is 0 Å². The minimum atomic E-state index is -1.82. The number of ether oxygens (including phenoxy) is 1. The Kier molecular flexibility index (Phi) is 8.37. The van der Waals surface area contributed by atoms with E-state index >= 15 is 0 Å². The predicted octanol–water partition coefficient (Wildman–Crippen LogP) is 0.642. The smallest absolute Gasteiger partial charge is 0.414 e. The molecule has 24 heavy (non-hydrogen) atoms. The second-order valence-electron chi connectivity index (χ2n) is 4.87. The number of carboxylic acid groups (broad SMARTS) is 2. The topological polar surface area (TPSA) is 116 Å². The molecule has 2 rings (SSSR count). The number of carboxylic acids is 2. The predicted molar refractivity (Wildman–Crippen MR) is 82.2 cm³/mol. The first-order chi connectivity index (χ1) is 11.4. The fourth-order valence-electron chi connectivity index (χ4n) is 1.87. The van der Waals surface area contributed by atoms with Gasteiger partial charge in [0.25, 0.3) is 0 Å². The molecule has 132 valence electrons. The number of hydrogen-bond donors (Lipinski definition) is 3. The molecular formula is C15H19FN2O6. The summed E-state index contributed by atoms with van der Waals surface area (Å²) in [6.07, 6.45) is 0.413. The Morgan fingerprint density at radius 2 is 1.79 bits per heavy atom. The number of hydrogen-bond acceptors (Lipinski definition) is 5.